The number of benzene rings is 1. The smallest absolute Gasteiger partial charge is 0.390 e. The third-order valence-corrected chi connectivity index (χ3v) is 7.25. The molecule has 0 radical (unpaired) electrons. The van der Waals surface area contributed by atoms with Crippen LogP contribution in [0.2, 0.25) is 0 Å². The molecule has 1 aromatic rings. The summed E-state index contributed by atoms with van der Waals surface area (Å²) in [6.45, 7) is 4.33. The van der Waals surface area contributed by atoms with E-state index < -0.39 is 12.6 Å². The Morgan fingerprint density at radius 2 is 1.89 bits per heavy atom. The van der Waals surface area contributed by atoms with Gasteiger partial charge < -0.3 is 19.7 Å². The average molecular weight is 514 g/mol. The summed E-state index contributed by atoms with van der Waals surface area (Å²) in [4.78, 5) is 29.3. The molecule has 3 atom stereocenters. The predicted molar refractivity (Wildman–Crippen MR) is 131 cm³/mol. The molecule has 36 heavy (non-hydrogen) atoms. The Hall–Kier alpha value is -2.33. The summed E-state index contributed by atoms with van der Waals surface area (Å²) in [5.74, 6) is -0.149. The number of nitrogens with one attached hydrogen (secondary N) is 1. The van der Waals surface area contributed by atoms with Crippen LogP contribution in [0.4, 0.5) is 18.9 Å². The lowest BCUT2D eigenvalue weighted by atomic mass is 10.0. The van der Waals surface area contributed by atoms with Crippen LogP contribution in [0.5, 0.6) is 5.75 Å². The van der Waals surface area contributed by atoms with E-state index in [0.717, 1.165) is 25.7 Å². The first-order valence-electron chi connectivity index (χ1n) is 12.6. The van der Waals surface area contributed by atoms with Crippen molar-refractivity contribution in [3.63, 3.8) is 0 Å². The lowest BCUT2D eigenvalue weighted by Crippen LogP contribution is -2.47. The Bertz CT molecular complexity index is 905. The maximum absolute atomic E-state index is 13.4. The first-order valence-corrected chi connectivity index (χ1v) is 12.6. The van der Waals surface area contributed by atoms with E-state index >= 15 is 0 Å². The first-order chi connectivity index (χ1) is 17.0. The Labute approximate surface area is 211 Å². The van der Waals surface area contributed by atoms with Crippen LogP contribution in [0.15, 0.2) is 18.2 Å². The Morgan fingerprint density at radius 1 is 1.19 bits per heavy atom. The predicted octanol–water partition coefficient (Wildman–Crippen LogP) is 4.57. The number of likely N-dealkylation sites (N-methyl/N-ethyl adjacent to an activating group) is 1. The topological polar surface area (TPSA) is 71.1 Å². The van der Waals surface area contributed by atoms with E-state index in [9.17, 15) is 22.8 Å². The minimum absolute atomic E-state index is 0.0203. The van der Waals surface area contributed by atoms with Crippen molar-refractivity contribution in [2.75, 3.05) is 45.7 Å². The van der Waals surface area contributed by atoms with Gasteiger partial charge in [-0.2, -0.15) is 13.2 Å². The van der Waals surface area contributed by atoms with Crippen LogP contribution in [0.3, 0.4) is 0 Å². The van der Waals surface area contributed by atoms with Gasteiger partial charge in [-0.25, -0.2) is 0 Å². The van der Waals surface area contributed by atoms with E-state index in [1.54, 1.807) is 37.3 Å². The summed E-state index contributed by atoms with van der Waals surface area (Å²) < 4.78 is 50.6. The molecule has 0 spiro atoms. The third-order valence-electron chi connectivity index (χ3n) is 7.25. The molecule has 2 aliphatic rings. The van der Waals surface area contributed by atoms with Gasteiger partial charge in [-0.1, -0.05) is 19.8 Å². The van der Waals surface area contributed by atoms with Crippen molar-refractivity contribution in [3.05, 3.63) is 23.8 Å². The Balaban J connectivity index is 1.87. The molecule has 7 nitrogen and oxygen atoms in total. The van der Waals surface area contributed by atoms with Gasteiger partial charge in [-0.3, -0.25) is 14.5 Å². The summed E-state index contributed by atoms with van der Waals surface area (Å²) in [7, 11) is 3.20. The molecule has 1 aliphatic heterocycles. The molecular formula is C26H38F3N3O4. The number of anilines is 1. The number of rotatable bonds is 5. The van der Waals surface area contributed by atoms with Gasteiger partial charge in [0, 0.05) is 51.4 Å². The van der Waals surface area contributed by atoms with Crippen molar-refractivity contribution in [2.24, 2.45) is 11.8 Å². The monoisotopic (exact) mass is 513 g/mol. The van der Waals surface area contributed by atoms with Gasteiger partial charge in [0.2, 0.25) is 5.91 Å². The molecule has 1 saturated carbocycles. The highest BCUT2D eigenvalue weighted by atomic mass is 19.4. The largest absolute Gasteiger partial charge is 0.491 e. The fraction of sp³-hybridized carbons (Fsp3) is 0.692. The molecule has 3 rings (SSSR count). The molecule has 10 heteroatoms. The zero-order valence-electron chi connectivity index (χ0n) is 21.6. The summed E-state index contributed by atoms with van der Waals surface area (Å²) in [5.41, 5.74) is 0.804. The number of fused-ring (bicyclic) bond motifs is 1. The standard InChI is InChI=1S/C26H38F3N3O4/c1-17-14-32(12-11-26(27,28)29)18(2)16-36-22-10-9-20(30-24(33)19-7-5-6-8-19)13-21(22)25(34)31(3)15-23(17)35-4/h9-10,13,17-19,23H,5-8,11-12,14-16H2,1-4H3,(H,30,33)/t17-,18+,23-/m0/s1. The molecule has 202 valence electrons. The van der Waals surface area contributed by atoms with Crippen LogP contribution in [-0.4, -0.2) is 80.3 Å². The number of hydrogen-bond donors (Lipinski definition) is 1. The van der Waals surface area contributed by atoms with Crippen LogP contribution in [0, 0.1) is 11.8 Å². The van der Waals surface area contributed by atoms with Crippen molar-refractivity contribution in [2.45, 2.75) is 64.3 Å². The van der Waals surface area contributed by atoms with E-state index in [1.807, 2.05) is 13.8 Å². The van der Waals surface area contributed by atoms with E-state index in [0.29, 0.717) is 23.5 Å². The fourth-order valence-corrected chi connectivity index (χ4v) is 4.94. The number of ether oxygens (including phenoxy) is 2. The van der Waals surface area contributed by atoms with Gasteiger partial charge in [0.25, 0.3) is 5.91 Å². The van der Waals surface area contributed by atoms with Gasteiger partial charge in [0.1, 0.15) is 12.4 Å². The van der Waals surface area contributed by atoms with E-state index in [1.165, 1.54) is 4.90 Å². The summed E-state index contributed by atoms with van der Waals surface area (Å²) in [5, 5.41) is 2.92. The van der Waals surface area contributed by atoms with Crippen molar-refractivity contribution >= 4 is 17.5 Å². The van der Waals surface area contributed by atoms with Crippen LogP contribution in [0.25, 0.3) is 0 Å². The highest BCUT2D eigenvalue weighted by Crippen LogP contribution is 2.29. The van der Waals surface area contributed by atoms with Gasteiger partial charge in [-0.15, -0.1) is 0 Å². The van der Waals surface area contributed by atoms with Gasteiger partial charge >= 0.3 is 6.18 Å². The summed E-state index contributed by atoms with van der Waals surface area (Å²) in [6, 6.07) is 4.62. The molecule has 0 saturated heterocycles. The lowest BCUT2D eigenvalue weighted by molar-refractivity contribution is -0.140. The molecule has 1 N–H and O–H groups in total. The maximum Gasteiger partial charge on any atom is 0.390 e. The number of amides is 2. The first kappa shape index (κ1) is 28.2. The second-order valence-electron chi connectivity index (χ2n) is 10.1. The SMILES string of the molecule is CO[C@H]1CN(C)C(=O)c2cc(NC(=O)C3CCCC3)ccc2OC[C@@H](C)N(CCC(F)(F)F)C[C@@H]1C. The second-order valence-corrected chi connectivity index (χ2v) is 10.1. The molecule has 0 bridgehead atoms. The van der Waals surface area contributed by atoms with E-state index in [4.69, 9.17) is 9.47 Å². The van der Waals surface area contributed by atoms with Gasteiger partial charge in [0.05, 0.1) is 18.1 Å². The van der Waals surface area contributed by atoms with E-state index in [-0.39, 0.29) is 55.5 Å². The van der Waals surface area contributed by atoms with Crippen molar-refractivity contribution in [3.8, 4) is 5.75 Å². The zero-order chi connectivity index (χ0) is 26.5. The number of halogens is 3. The summed E-state index contributed by atoms with van der Waals surface area (Å²) >= 11 is 0. The highest BCUT2D eigenvalue weighted by molar-refractivity contribution is 5.99. The van der Waals surface area contributed by atoms with Crippen molar-refractivity contribution < 1.29 is 32.2 Å². The van der Waals surface area contributed by atoms with Crippen molar-refractivity contribution in [1.29, 1.82) is 0 Å². The number of carbonyl (C=O) groups is 2. The molecule has 1 fully saturated rings. The Morgan fingerprint density at radius 3 is 2.53 bits per heavy atom. The van der Waals surface area contributed by atoms with Crippen LogP contribution >= 0.6 is 0 Å². The highest BCUT2D eigenvalue weighted by Gasteiger charge is 2.32. The third kappa shape index (κ3) is 7.59. The number of carbonyl (C=O) groups excluding carboxylic acids is 2. The number of methoxy groups -OCH3 is 1. The van der Waals surface area contributed by atoms with Gasteiger partial charge in [0.15, 0.2) is 0 Å². The number of alkyl halides is 3. The van der Waals surface area contributed by atoms with E-state index in [2.05, 4.69) is 5.32 Å². The quantitative estimate of drug-likeness (QED) is 0.625. The minimum Gasteiger partial charge on any atom is -0.491 e. The maximum atomic E-state index is 13.4. The molecular weight excluding hydrogens is 475 g/mol. The van der Waals surface area contributed by atoms with Crippen LogP contribution in [0.1, 0.15) is 56.3 Å². The number of hydrogen-bond acceptors (Lipinski definition) is 5. The molecule has 1 heterocycles. The molecule has 0 unspecified atom stereocenters. The van der Waals surface area contributed by atoms with Crippen LogP contribution < -0.4 is 10.1 Å². The average Bonchev–Trinajstić information content (AvgIpc) is 3.37. The van der Waals surface area contributed by atoms with Crippen molar-refractivity contribution in [1.82, 2.24) is 9.80 Å². The van der Waals surface area contributed by atoms with Gasteiger partial charge in [-0.05, 0) is 43.9 Å². The molecule has 2 amide bonds. The minimum atomic E-state index is -4.26. The number of nitrogens with zero attached hydrogens (tertiary/aromatic N) is 2. The molecule has 1 aliphatic carbocycles. The zero-order valence-corrected chi connectivity index (χ0v) is 21.6. The Kier molecular flexibility index (Phi) is 9.63. The fourth-order valence-electron chi connectivity index (χ4n) is 4.94. The second kappa shape index (κ2) is 12.3. The lowest BCUT2D eigenvalue weighted by Gasteiger charge is -2.36. The normalized spacial score (nSPS) is 25.0. The molecule has 0 aromatic heterocycles. The molecule has 1 aromatic carbocycles. The van der Waals surface area contributed by atoms with Crippen LogP contribution in [-0.2, 0) is 9.53 Å². The summed E-state index contributed by atoms with van der Waals surface area (Å²) in [6.07, 6.45) is -1.74.